The Bertz CT molecular complexity index is 713. The van der Waals surface area contributed by atoms with Crippen molar-refractivity contribution in [1.82, 2.24) is 4.98 Å². The largest absolute Gasteiger partial charge is 0.312 e. The number of likely N-dealkylation sites (N-methyl/N-ethyl adjacent to an activating group) is 1. The van der Waals surface area contributed by atoms with Crippen LogP contribution in [0.4, 0.5) is 15.2 Å². The predicted molar refractivity (Wildman–Crippen MR) is 93.7 cm³/mol. The number of nitrogens with one attached hydrogen (secondary N) is 1. The fraction of sp³-hybridized carbons (Fsp3) is 0.353. The highest BCUT2D eigenvalue weighted by molar-refractivity contribution is 7.13. The molecule has 24 heavy (non-hydrogen) atoms. The van der Waals surface area contributed by atoms with E-state index in [0.29, 0.717) is 23.1 Å². The van der Waals surface area contributed by atoms with E-state index in [0.717, 1.165) is 0 Å². The first-order valence-electron chi connectivity index (χ1n) is 7.72. The van der Waals surface area contributed by atoms with Gasteiger partial charge in [-0.1, -0.05) is 13.8 Å². The summed E-state index contributed by atoms with van der Waals surface area (Å²) in [6.45, 7) is 5.94. The second kappa shape index (κ2) is 8.01. The lowest BCUT2D eigenvalue weighted by Gasteiger charge is -2.20. The molecule has 0 unspecified atom stereocenters. The van der Waals surface area contributed by atoms with Gasteiger partial charge in [0.15, 0.2) is 5.13 Å². The molecule has 0 radical (unpaired) electrons. The molecule has 0 bridgehead atoms. The van der Waals surface area contributed by atoms with Crippen molar-refractivity contribution < 1.29 is 14.0 Å². The van der Waals surface area contributed by atoms with Gasteiger partial charge in [0.25, 0.3) is 0 Å². The van der Waals surface area contributed by atoms with Crippen molar-refractivity contribution in [3.8, 4) is 0 Å². The van der Waals surface area contributed by atoms with E-state index < -0.39 is 0 Å². The number of benzene rings is 1. The molecule has 2 aromatic rings. The van der Waals surface area contributed by atoms with Gasteiger partial charge < -0.3 is 10.2 Å². The summed E-state index contributed by atoms with van der Waals surface area (Å²) in [6, 6.07) is 5.81. The highest BCUT2D eigenvalue weighted by Gasteiger charge is 2.17. The summed E-state index contributed by atoms with van der Waals surface area (Å²) in [4.78, 5) is 30.0. The van der Waals surface area contributed by atoms with Gasteiger partial charge in [0, 0.05) is 23.5 Å². The van der Waals surface area contributed by atoms with Crippen molar-refractivity contribution in [2.45, 2.75) is 27.2 Å². The maximum absolute atomic E-state index is 13.0. The molecular formula is C17H20FN3O2S. The molecule has 128 valence electrons. The minimum atomic E-state index is -0.340. The van der Waals surface area contributed by atoms with E-state index >= 15 is 0 Å². The van der Waals surface area contributed by atoms with Crippen LogP contribution < -0.4 is 10.2 Å². The van der Waals surface area contributed by atoms with Gasteiger partial charge in [0.2, 0.25) is 11.8 Å². The molecule has 0 aliphatic rings. The molecule has 1 N–H and O–H groups in total. The second-order valence-electron chi connectivity index (χ2n) is 5.58. The molecule has 0 saturated heterocycles. The Morgan fingerprint density at radius 3 is 2.54 bits per heavy atom. The molecule has 0 fully saturated rings. The Kier molecular flexibility index (Phi) is 6.03. The number of anilines is 2. The van der Waals surface area contributed by atoms with Crippen LogP contribution in [0.25, 0.3) is 0 Å². The van der Waals surface area contributed by atoms with E-state index in [1.165, 1.54) is 23.5 Å². The summed E-state index contributed by atoms with van der Waals surface area (Å²) in [7, 11) is 0. The lowest BCUT2D eigenvalue weighted by atomic mass is 10.2. The van der Waals surface area contributed by atoms with E-state index in [1.54, 1.807) is 36.3 Å². The third-order valence-corrected chi connectivity index (χ3v) is 4.20. The Hall–Kier alpha value is -2.28. The van der Waals surface area contributed by atoms with Crippen molar-refractivity contribution >= 4 is 34.0 Å². The number of carbonyl (C=O) groups is 2. The second-order valence-corrected chi connectivity index (χ2v) is 6.44. The molecule has 0 saturated carbocycles. The zero-order chi connectivity index (χ0) is 17.7. The SMILES string of the molecule is CCN(C(=O)Cc1csc(NC(=O)C(C)C)n1)c1ccc(F)cc1. The number of hydrogen-bond acceptors (Lipinski definition) is 4. The molecule has 7 heteroatoms. The smallest absolute Gasteiger partial charge is 0.233 e. The zero-order valence-corrected chi connectivity index (χ0v) is 14.7. The number of hydrogen-bond donors (Lipinski definition) is 1. The number of nitrogens with zero attached hydrogens (tertiary/aromatic N) is 2. The van der Waals surface area contributed by atoms with Crippen molar-refractivity contribution in [3.05, 3.63) is 41.2 Å². The van der Waals surface area contributed by atoms with E-state index in [-0.39, 0.29) is 30.0 Å². The third-order valence-electron chi connectivity index (χ3n) is 3.39. The van der Waals surface area contributed by atoms with Crippen LogP contribution in [0.15, 0.2) is 29.6 Å². The molecule has 2 amide bonds. The fourth-order valence-electron chi connectivity index (χ4n) is 2.07. The first kappa shape index (κ1) is 18.1. The molecule has 0 atom stereocenters. The number of thiazole rings is 1. The van der Waals surface area contributed by atoms with Crippen molar-refractivity contribution in [2.75, 3.05) is 16.8 Å². The van der Waals surface area contributed by atoms with Crippen LogP contribution in [-0.4, -0.2) is 23.3 Å². The lowest BCUT2D eigenvalue weighted by Crippen LogP contribution is -2.32. The molecule has 5 nitrogen and oxygen atoms in total. The van der Waals surface area contributed by atoms with Crippen molar-refractivity contribution in [1.29, 1.82) is 0 Å². The number of rotatable bonds is 6. The van der Waals surface area contributed by atoms with Gasteiger partial charge in [0.1, 0.15) is 5.82 Å². The Morgan fingerprint density at radius 1 is 1.29 bits per heavy atom. The topological polar surface area (TPSA) is 62.3 Å². The summed E-state index contributed by atoms with van der Waals surface area (Å²) in [5.74, 6) is -0.708. The van der Waals surface area contributed by atoms with Gasteiger partial charge in [-0.3, -0.25) is 9.59 Å². The van der Waals surface area contributed by atoms with Gasteiger partial charge in [-0.15, -0.1) is 11.3 Å². The highest BCUT2D eigenvalue weighted by atomic mass is 32.1. The highest BCUT2D eigenvalue weighted by Crippen LogP contribution is 2.19. The Morgan fingerprint density at radius 2 is 1.96 bits per heavy atom. The number of aromatic nitrogens is 1. The number of carbonyl (C=O) groups excluding carboxylic acids is 2. The van der Waals surface area contributed by atoms with Gasteiger partial charge in [-0.2, -0.15) is 0 Å². The molecule has 1 aromatic carbocycles. The molecule has 0 aliphatic carbocycles. The van der Waals surface area contributed by atoms with Crippen molar-refractivity contribution in [2.24, 2.45) is 5.92 Å². The van der Waals surface area contributed by atoms with Gasteiger partial charge >= 0.3 is 0 Å². The predicted octanol–water partition coefficient (Wildman–Crippen LogP) is 3.47. The number of amides is 2. The quantitative estimate of drug-likeness (QED) is 0.868. The first-order chi connectivity index (χ1) is 11.4. The molecule has 1 heterocycles. The summed E-state index contributed by atoms with van der Waals surface area (Å²) in [5.41, 5.74) is 1.25. The van der Waals surface area contributed by atoms with Crippen LogP contribution in [0, 0.1) is 11.7 Å². The molecule has 0 aliphatic heterocycles. The normalized spacial score (nSPS) is 10.7. The summed E-state index contributed by atoms with van der Waals surface area (Å²) < 4.78 is 13.0. The minimum absolute atomic E-state index is 0.108. The van der Waals surface area contributed by atoms with Gasteiger partial charge in [-0.05, 0) is 31.2 Å². The monoisotopic (exact) mass is 349 g/mol. The van der Waals surface area contributed by atoms with Crippen LogP contribution in [0.3, 0.4) is 0 Å². The third kappa shape index (κ3) is 4.61. The average Bonchev–Trinajstić information content (AvgIpc) is 2.96. The van der Waals surface area contributed by atoms with E-state index in [2.05, 4.69) is 10.3 Å². The average molecular weight is 349 g/mol. The van der Waals surface area contributed by atoms with Gasteiger partial charge in [0.05, 0.1) is 12.1 Å². The maximum atomic E-state index is 13.0. The Labute approximate surface area is 144 Å². The molecular weight excluding hydrogens is 329 g/mol. The van der Waals surface area contributed by atoms with E-state index in [9.17, 15) is 14.0 Å². The summed E-state index contributed by atoms with van der Waals surface area (Å²) in [6.07, 6.45) is 0.124. The Balaban J connectivity index is 2.04. The molecule has 1 aromatic heterocycles. The zero-order valence-electron chi connectivity index (χ0n) is 13.9. The standard InChI is InChI=1S/C17H20FN3O2S/c1-4-21(14-7-5-12(18)6-8-14)15(22)9-13-10-24-17(19-13)20-16(23)11(2)3/h5-8,10-11H,4,9H2,1-3H3,(H,19,20,23). The summed E-state index contributed by atoms with van der Waals surface area (Å²) >= 11 is 1.29. The summed E-state index contributed by atoms with van der Waals surface area (Å²) in [5, 5.41) is 4.96. The van der Waals surface area contributed by atoms with Crippen LogP contribution in [0.5, 0.6) is 0 Å². The van der Waals surface area contributed by atoms with Crippen LogP contribution in [0.1, 0.15) is 26.5 Å². The number of halogens is 1. The van der Waals surface area contributed by atoms with E-state index in [1.807, 2.05) is 6.92 Å². The van der Waals surface area contributed by atoms with Crippen LogP contribution in [-0.2, 0) is 16.0 Å². The molecule has 2 rings (SSSR count). The fourth-order valence-corrected chi connectivity index (χ4v) is 2.78. The van der Waals surface area contributed by atoms with Crippen molar-refractivity contribution in [3.63, 3.8) is 0 Å². The van der Waals surface area contributed by atoms with Gasteiger partial charge in [-0.25, -0.2) is 9.37 Å². The first-order valence-corrected chi connectivity index (χ1v) is 8.59. The van der Waals surface area contributed by atoms with Crippen LogP contribution >= 0.6 is 11.3 Å². The van der Waals surface area contributed by atoms with E-state index in [4.69, 9.17) is 0 Å². The molecule has 0 spiro atoms. The van der Waals surface area contributed by atoms with Crippen LogP contribution in [0.2, 0.25) is 0 Å². The lowest BCUT2D eigenvalue weighted by molar-refractivity contribution is -0.119. The maximum Gasteiger partial charge on any atom is 0.233 e. The minimum Gasteiger partial charge on any atom is -0.312 e.